The first-order chi connectivity index (χ1) is 7.20. The van der Waals surface area contributed by atoms with Crippen LogP contribution in [-0.2, 0) is 7.05 Å². The Labute approximate surface area is 101 Å². The number of hydrogen-bond acceptors (Lipinski definition) is 5. The Balaban J connectivity index is 2.53. The molecule has 0 amide bonds. The first-order valence-corrected chi connectivity index (χ1v) is 5.36. The lowest BCUT2D eigenvalue weighted by Gasteiger charge is -2.03. The van der Waals surface area contributed by atoms with Crippen molar-refractivity contribution in [2.75, 3.05) is 3.53 Å². The van der Waals surface area contributed by atoms with E-state index < -0.39 is 0 Å². The van der Waals surface area contributed by atoms with Gasteiger partial charge in [0.05, 0.1) is 22.9 Å². The van der Waals surface area contributed by atoms with Crippen molar-refractivity contribution in [3.8, 4) is 11.4 Å². The normalized spacial score (nSPS) is 10.3. The summed E-state index contributed by atoms with van der Waals surface area (Å²) in [5.74, 6) is 1.53. The van der Waals surface area contributed by atoms with Crippen LogP contribution in [0.4, 0.5) is 5.82 Å². The van der Waals surface area contributed by atoms with Gasteiger partial charge >= 0.3 is 0 Å². The Bertz CT molecular complexity index is 480. The Kier molecular flexibility index (Phi) is 2.80. The van der Waals surface area contributed by atoms with Crippen LogP contribution < -0.4 is 3.53 Å². The van der Waals surface area contributed by atoms with Crippen LogP contribution in [-0.4, -0.2) is 25.2 Å². The topological polar surface area (TPSA) is 68.5 Å². The van der Waals surface area contributed by atoms with E-state index >= 15 is 0 Å². The van der Waals surface area contributed by atoms with Crippen molar-refractivity contribution in [1.82, 2.24) is 25.2 Å². The second-order valence-electron chi connectivity index (χ2n) is 3.10. The summed E-state index contributed by atoms with van der Waals surface area (Å²) in [6, 6.07) is 3.86. The molecule has 7 heteroatoms. The molecule has 0 saturated heterocycles. The molecular weight excluding hydrogens is 307 g/mol. The molecule has 78 valence electrons. The Morgan fingerprint density at radius 3 is 2.80 bits per heavy atom. The number of anilines is 1. The molecule has 15 heavy (non-hydrogen) atoms. The summed E-state index contributed by atoms with van der Waals surface area (Å²) in [5.41, 5.74) is 1.88. The van der Waals surface area contributed by atoms with Gasteiger partial charge in [0.2, 0.25) is 0 Å². The third-order valence-electron chi connectivity index (χ3n) is 1.93. The summed E-state index contributed by atoms with van der Waals surface area (Å²) in [5, 5.41) is 11.3. The molecule has 0 unspecified atom stereocenters. The number of aromatic nitrogens is 5. The molecule has 0 aliphatic rings. The molecule has 2 aromatic rings. The molecule has 0 bridgehead atoms. The molecular formula is C8H9IN6. The number of tetrazole rings is 1. The summed E-state index contributed by atoms with van der Waals surface area (Å²) in [6.07, 6.45) is 0. The molecule has 2 aromatic heterocycles. The van der Waals surface area contributed by atoms with Crippen LogP contribution in [0.2, 0.25) is 0 Å². The first kappa shape index (κ1) is 10.3. The number of nitrogens with one attached hydrogen (secondary N) is 1. The minimum atomic E-state index is 0.730. The second kappa shape index (κ2) is 4.09. The first-order valence-electron chi connectivity index (χ1n) is 4.29. The van der Waals surface area contributed by atoms with Gasteiger partial charge in [-0.05, 0) is 29.5 Å². The van der Waals surface area contributed by atoms with E-state index in [1.54, 1.807) is 4.68 Å². The van der Waals surface area contributed by atoms with Crippen LogP contribution in [0.1, 0.15) is 5.69 Å². The zero-order chi connectivity index (χ0) is 10.8. The smallest absolute Gasteiger partial charge is 0.181 e. The lowest BCUT2D eigenvalue weighted by atomic mass is 10.2. The molecule has 0 aliphatic carbocycles. The summed E-state index contributed by atoms with van der Waals surface area (Å²) in [6.45, 7) is 1.94. The van der Waals surface area contributed by atoms with Gasteiger partial charge in [-0.3, -0.25) is 0 Å². The van der Waals surface area contributed by atoms with Crippen molar-refractivity contribution in [3.63, 3.8) is 0 Å². The number of hydrogen-bond donors (Lipinski definition) is 1. The van der Waals surface area contributed by atoms with E-state index in [2.05, 4.69) is 24.0 Å². The van der Waals surface area contributed by atoms with Crippen molar-refractivity contribution in [1.29, 1.82) is 0 Å². The van der Waals surface area contributed by atoms with Gasteiger partial charge in [0.25, 0.3) is 0 Å². The van der Waals surface area contributed by atoms with E-state index in [0.717, 1.165) is 22.9 Å². The number of halogens is 1. The Morgan fingerprint density at radius 2 is 2.20 bits per heavy atom. The summed E-state index contributed by atoms with van der Waals surface area (Å²) in [4.78, 5) is 4.30. The molecule has 6 nitrogen and oxygen atoms in total. The van der Waals surface area contributed by atoms with E-state index in [-0.39, 0.29) is 0 Å². The minimum absolute atomic E-state index is 0.730. The average molecular weight is 316 g/mol. The molecule has 2 heterocycles. The van der Waals surface area contributed by atoms with Gasteiger partial charge in [0, 0.05) is 18.3 Å². The maximum Gasteiger partial charge on any atom is 0.181 e. The molecule has 1 N–H and O–H groups in total. The summed E-state index contributed by atoms with van der Waals surface area (Å²) >= 11 is 2.04. The molecule has 0 aromatic carbocycles. The summed E-state index contributed by atoms with van der Waals surface area (Å²) in [7, 11) is 1.81. The molecule has 0 fully saturated rings. The van der Waals surface area contributed by atoms with Gasteiger partial charge in [0.1, 0.15) is 5.82 Å². The van der Waals surface area contributed by atoms with Crippen LogP contribution in [0, 0.1) is 6.92 Å². The van der Waals surface area contributed by atoms with Crippen LogP contribution in [0.3, 0.4) is 0 Å². The van der Waals surface area contributed by atoms with Crippen molar-refractivity contribution in [3.05, 3.63) is 17.8 Å². The van der Waals surface area contributed by atoms with E-state index in [9.17, 15) is 0 Å². The molecule has 2 rings (SSSR count). The van der Waals surface area contributed by atoms with E-state index in [1.165, 1.54) is 0 Å². The van der Waals surface area contributed by atoms with Gasteiger partial charge in [0.15, 0.2) is 5.82 Å². The fourth-order valence-corrected chi connectivity index (χ4v) is 1.60. The highest BCUT2D eigenvalue weighted by atomic mass is 127. The van der Waals surface area contributed by atoms with E-state index in [0.29, 0.717) is 0 Å². The fraction of sp³-hybridized carbons (Fsp3) is 0.250. The highest BCUT2D eigenvalue weighted by Crippen LogP contribution is 2.20. The van der Waals surface area contributed by atoms with Gasteiger partial charge in [-0.25, -0.2) is 9.67 Å². The number of aryl methyl sites for hydroxylation is 2. The molecule has 0 aliphatic heterocycles. The molecule has 0 radical (unpaired) electrons. The van der Waals surface area contributed by atoms with Crippen LogP contribution >= 0.6 is 22.9 Å². The van der Waals surface area contributed by atoms with Crippen LogP contribution in [0.25, 0.3) is 11.4 Å². The zero-order valence-corrected chi connectivity index (χ0v) is 10.4. The van der Waals surface area contributed by atoms with Crippen molar-refractivity contribution in [2.24, 2.45) is 7.05 Å². The molecule has 0 spiro atoms. The van der Waals surface area contributed by atoms with Gasteiger partial charge < -0.3 is 3.53 Å². The van der Waals surface area contributed by atoms with Crippen molar-refractivity contribution < 1.29 is 0 Å². The largest absolute Gasteiger partial charge is 0.313 e. The van der Waals surface area contributed by atoms with Gasteiger partial charge in [-0.1, -0.05) is 0 Å². The number of rotatable bonds is 2. The van der Waals surface area contributed by atoms with Crippen LogP contribution in [0.5, 0.6) is 0 Å². The Morgan fingerprint density at radius 1 is 1.40 bits per heavy atom. The molecule has 0 atom stereocenters. The maximum absolute atomic E-state index is 4.30. The van der Waals surface area contributed by atoms with E-state index in [1.807, 2.05) is 49.0 Å². The van der Waals surface area contributed by atoms with Gasteiger partial charge in [-0.2, -0.15) is 0 Å². The lowest BCUT2D eigenvalue weighted by molar-refractivity contribution is 0.714. The third-order valence-corrected chi connectivity index (χ3v) is 2.48. The minimum Gasteiger partial charge on any atom is -0.313 e. The third kappa shape index (κ3) is 2.06. The monoisotopic (exact) mass is 316 g/mol. The standard InChI is InChI=1S/C8H9IN6/c1-5-3-6(4-7(10-5)11-9)8-12-13-14-15(8)2/h3-4H,1-2H3,(H,10,11). The van der Waals surface area contributed by atoms with Crippen molar-refractivity contribution >= 4 is 28.7 Å². The van der Waals surface area contributed by atoms with Gasteiger partial charge in [-0.15, -0.1) is 5.10 Å². The number of pyridine rings is 1. The quantitative estimate of drug-likeness (QED) is 0.669. The predicted molar refractivity (Wildman–Crippen MR) is 64.4 cm³/mol. The lowest BCUT2D eigenvalue weighted by Crippen LogP contribution is -1.97. The van der Waals surface area contributed by atoms with Crippen LogP contribution in [0.15, 0.2) is 12.1 Å². The summed E-state index contributed by atoms with van der Waals surface area (Å²) < 4.78 is 4.60. The Hall–Kier alpha value is -1.25. The number of nitrogens with zero attached hydrogens (tertiary/aromatic N) is 5. The SMILES string of the molecule is Cc1cc(-c2nnnn2C)cc(NI)n1. The van der Waals surface area contributed by atoms with E-state index in [4.69, 9.17) is 0 Å². The highest BCUT2D eigenvalue weighted by molar-refractivity contribution is 14.1. The highest BCUT2D eigenvalue weighted by Gasteiger charge is 2.07. The fourth-order valence-electron chi connectivity index (χ4n) is 1.32. The predicted octanol–water partition coefficient (Wildman–Crippen LogP) is 1.34. The molecule has 0 saturated carbocycles. The maximum atomic E-state index is 4.30. The zero-order valence-electron chi connectivity index (χ0n) is 8.27. The van der Waals surface area contributed by atoms with Crippen molar-refractivity contribution in [2.45, 2.75) is 6.92 Å². The second-order valence-corrected chi connectivity index (χ2v) is 3.64. The average Bonchev–Trinajstić information content (AvgIpc) is 2.63.